The first-order valence-electron chi connectivity index (χ1n) is 7.02. The van der Waals surface area contributed by atoms with Crippen LogP contribution in [0.15, 0.2) is 6.07 Å². The van der Waals surface area contributed by atoms with E-state index < -0.39 is 0 Å². The first-order valence-corrected chi connectivity index (χ1v) is 7.02. The average Bonchev–Trinajstić information content (AvgIpc) is 2.36. The largest absolute Gasteiger partial charge is 0.384 e. The van der Waals surface area contributed by atoms with E-state index in [1.807, 2.05) is 32.6 Å². The highest BCUT2D eigenvalue weighted by atomic mass is 16.2. The van der Waals surface area contributed by atoms with Gasteiger partial charge < -0.3 is 16.0 Å². The Morgan fingerprint density at radius 2 is 2.15 bits per heavy atom. The monoisotopic (exact) mass is 277 g/mol. The molecule has 0 radical (unpaired) electrons. The molecule has 1 unspecified atom stereocenters. The minimum absolute atomic E-state index is 0.0493. The smallest absolute Gasteiger partial charge is 0.242 e. The molecule has 6 nitrogen and oxygen atoms in total. The van der Waals surface area contributed by atoms with E-state index in [4.69, 9.17) is 5.73 Å². The lowest BCUT2D eigenvalue weighted by Gasteiger charge is -2.36. The second-order valence-corrected chi connectivity index (χ2v) is 6.13. The van der Waals surface area contributed by atoms with Gasteiger partial charge >= 0.3 is 0 Å². The molecule has 6 heteroatoms. The number of hydrogen-bond donors (Lipinski definition) is 2. The highest BCUT2D eigenvalue weighted by Gasteiger charge is 2.30. The number of nitrogens with two attached hydrogens (primary N) is 1. The van der Waals surface area contributed by atoms with Crippen LogP contribution < -0.4 is 16.0 Å². The average molecular weight is 277 g/mol. The normalized spacial score (nSPS) is 19.9. The van der Waals surface area contributed by atoms with Gasteiger partial charge in [-0.05, 0) is 6.42 Å². The van der Waals surface area contributed by atoms with E-state index in [0.29, 0.717) is 18.2 Å². The Hall–Kier alpha value is -1.85. The van der Waals surface area contributed by atoms with Crippen molar-refractivity contribution >= 4 is 17.5 Å². The van der Waals surface area contributed by atoms with Crippen LogP contribution in [0.5, 0.6) is 0 Å². The van der Waals surface area contributed by atoms with Gasteiger partial charge in [-0.25, -0.2) is 9.97 Å². The summed E-state index contributed by atoms with van der Waals surface area (Å²) in [4.78, 5) is 22.9. The third-order valence-electron chi connectivity index (χ3n) is 3.42. The van der Waals surface area contributed by atoms with Crippen molar-refractivity contribution in [3.63, 3.8) is 0 Å². The molecule has 1 aromatic heterocycles. The number of aromatic nitrogens is 2. The van der Waals surface area contributed by atoms with Gasteiger partial charge in [0, 0.05) is 24.6 Å². The van der Waals surface area contributed by atoms with Crippen molar-refractivity contribution in [2.45, 2.75) is 45.6 Å². The topological polar surface area (TPSA) is 84.1 Å². The van der Waals surface area contributed by atoms with Gasteiger partial charge in [0.1, 0.15) is 23.5 Å². The number of nitrogens with zero attached hydrogens (tertiary/aromatic N) is 3. The zero-order valence-electron chi connectivity index (χ0n) is 12.6. The van der Waals surface area contributed by atoms with Crippen LogP contribution in [-0.4, -0.2) is 35.0 Å². The first-order chi connectivity index (χ1) is 9.32. The maximum absolute atomic E-state index is 11.9. The van der Waals surface area contributed by atoms with Gasteiger partial charge in [0.05, 0.1) is 0 Å². The van der Waals surface area contributed by atoms with E-state index in [2.05, 4.69) is 15.3 Å². The molecule has 1 amide bonds. The van der Waals surface area contributed by atoms with Gasteiger partial charge in [0.2, 0.25) is 5.91 Å². The van der Waals surface area contributed by atoms with Crippen LogP contribution in [0.3, 0.4) is 0 Å². The van der Waals surface area contributed by atoms with E-state index in [9.17, 15) is 4.79 Å². The molecule has 20 heavy (non-hydrogen) atoms. The quantitative estimate of drug-likeness (QED) is 0.845. The van der Waals surface area contributed by atoms with E-state index in [1.54, 1.807) is 6.07 Å². The Kier molecular flexibility index (Phi) is 3.83. The van der Waals surface area contributed by atoms with Crippen LogP contribution in [0.1, 0.15) is 39.9 Å². The fraction of sp³-hybridized carbons (Fsp3) is 0.643. The standard InChI is InChI=1S/C14H23N5O/c1-5-9-12(20)16-6-7-19(9)11-8-10(15)17-13(18-11)14(2,3)4/h8-9H,5-7H2,1-4H3,(H,16,20)(H2,15,17,18). The van der Waals surface area contributed by atoms with Crippen molar-refractivity contribution in [2.75, 3.05) is 23.7 Å². The summed E-state index contributed by atoms with van der Waals surface area (Å²) in [6.07, 6.45) is 0.737. The number of nitrogen functional groups attached to an aromatic ring is 1. The highest BCUT2D eigenvalue weighted by Crippen LogP contribution is 2.25. The van der Waals surface area contributed by atoms with Crippen LogP contribution in [0.4, 0.5) is 11.6 Å². The summed E-state index contributed by atoms with van der Waals surface area (Å²) in [5.41, 5.74) is 5.73. The zero-order valence-corrected chi connectivity index (χ0v) is 12.6. The minimum atomic E-state index is -0.189. The molecule has 0 bridgehead atoms. The maximum atomic E-state index is 11.9. The van der Waals surface area contributed by atoms with E-state index in [1.165, 1.54) is 0 Å². The Bertz CT molecular complexity index is 509. The van der Waals surface area contributed by atoms with Crippen LogP contribution in [0, 0.1) is 0 Å². The van der Waals surface area contributed by atoms with E-state index >= 15 is 0 Å². The molecule has 0 aliphatic carbocycles. The molecule has 0 saturated carbocycles. The predicted molar refractivity (Wildman–Crippen MR) is 79.6 cm³/mol. The van der Waals surface area contributed by atoms with Crippen molar-refractivity contribution in [2.24, 2.45) is 0 Å². The third-order valence-corrected chi connectivity index (χ3v) is 3.42. The molecule has 2 heterocycles. The van der Waals surface area contributed by atoms with Crippen molar-refractivity contribution in [3.8, 4) is 0 Å². The van der Waals surface area contributed by atoms with Crippen molar-refractivity contribution in [3.05, 3.63) is 11.9 Å². The summed E-state index contributed by atoms with van der Waals surface area (Å²) in [6.45, 7) is 9.51. The predicted octanol–water partition coefficient (Wildman–Crippen LogP) is 1.07. The molecule has 1 saturated heterocycles. The summed E-state index contributed by atoms with van der Waals surface area (Å²) in [5, 5.41) is 2.89. The maximum Gasteiger partial charge on any atom is 0.242 e. The van der Waals surface area contributed by atoms with Crippen LogP contribution in [0.25, 0.3) is 0 Å². The van der Waals surface area contributed by atoms with Gasteiger partial charge in [-0.15, -0.1) is 0 Å². The lowest BCUT2D eigenvalue weighted by molar-refractivity contribution is -0.123. The summed E-state index contributed by atoms with van der Waals surface area (Å²) in [5.74, 6) is 1.94. The van der Waals surface area contributed by atoms with Crippen molar-refractivity contribution < 1.29 is 4.79 Å². The molecule has 1 fully saturated rings. The van der Waals surface area contributed by atoms with Gasteiger partial charge in [0.25, 0.3) is 0 Å². The van der Waals surface area contributed by atoms with Crippen LogP contribution in [-0.2, 0) is 10.2 Å². The molecule has 1 aliphatic rings. The van der Waals surface area contributed by atoms with Crippen LogP contribution >= 0.6 is 0 Å². The molecule has 110 valence electrons. The fourth-order valence-corrected chi connectivity index (χ4v) is 2.33. The molecule has 1 aliphatic heterocycles. The number of piperazine rings is 1. The summed E-state index contributed by atoms with van der Waals surface area (Å²) < 4.78 is 0. The van der Waals surface area contributed by atoms with Gasteiger partial charge in [-0.2, -0.15) is 0 Å². The molecular weight excluding hydrogens is 254 g/mol. The molecule has 1 aromatic rings. The third kappa shape index (κ3) is 2.84. The van der Waals surface area contributed by atoms with Crippen molar-refractivity contribution in [1.82, 2.24) is 15.3 Å². The Morgan fingerprint density at radius 3 is 2.75 bits per heavy atom. The second kappa shape index (κ2) is 5.26. The van der Waals surface area contributed by atoms with E-state index in [-0.39, 0.29) is 17.4 Å². The number of amides is 1. The molecular formula is C14H23N5O. The number of anilines is 2. The van der Waals surface area contributed by atoms with Gasteiger partial charge in [-0.1, -0.05) is 27.7 Å². The van der Waals surface area contributed by atoms with Crippen LogP contribution in [0.2, 0.25) is 0 Å². The molecule has 3 N–H and O–H groups in total. The molecule has 0 aromatic carbocycles. The Balaban J connectivity index is 2.41. The number of carbonyl (C=O) groups is 1. The minimum Gasteiger partial charge on any atom is -0.384 e. The summed E-state index contributed by atoms with van der Waals surface area (Å²) in [7, 11) is 0. The summed E-state index contributed by atoms with van der Waals surface area (Å²) >= 11 is 0. The van der Waals surface area contributed by atoms with Gasteiger partial charge in [-0.3, -0.25) is 4.79 Å². The van der Waals surface area contributed by atoms with Crippen molar-refractivity contribution in [1.29, 1.82) is 0 Å². The lowest BCUT2D eigenvalue weighted by Crippen LogP contribution is -2.55. The fourth-order valence-electron chi connectivity index (χ4n) is 2.33. The lowest BCUT2D eigenvalue weighted by atomic mass is 9.95. The Morgan fingerprint density at radius 1 is 1.45 bits per heavy atom. The van der Waals surface area contributed by atoms with E-state index in [0.717, 1.165) is 18.8 Å². The summed E-state index contributed by atoms with van der Waals surface area (Å²) in [6, 6.07) is 1.56. The zero-order chi connectivity index (χ0) is 14.9. The molecule has 1 atom stereocenters. The SMILES string of the molecule is CCC1C(=O)NCCN1c1cc(N)nc(C(C)(C)C)n1. The number of carbonyl (C=O) groups excluding carboxylic acids is 1. The number of nitrogens with one attached hydrogen (secondary N) is 1. The second-order valence-electron chi connectivity index (χ2n) is 6.13. The molecule has 2 rings (SSSR count). The number of hydrogen-bond acceptors (Lipinski definition) is 5. The first kappa shape index (κ1) is 14.6. The van der Waals surface area contributed by atoms with Gasteiger partial charge in [0.15, 0.2) is 0 Å². The Labute approximate surface area is 119 Å². The highest BCUT2D eigenvalue weighted by molar-refractivity contribution is 5.86. The number of rotatable bonds is 2. The molecule has 0 spiro atoms.